The number of rotatable bonds is 7. The van der Waals surface area contributed by atoms with Gasteiger partial charge in [0.05, 0.1) is 22.6 Å². The van der Waals surface area contributed by atoms with Crippen LogP contribution < -0.4 is 4.74 Å². The van der Waals surface area contributed by atoms with Gasteiger partial charge in [-0.2, -0.15) is 4.98 Å². The highest BCUT2D eigenvalue weighted by Crippen LogP contribution is 2.33. The predicted molar refractivity (Wildman–Crippen MR) is 119 cm³/mol. The molecule has 0 atom stereocenters. The number of halogens is 2. The van der Waals surface area contributed by atoms with E-state index in [4.69, 9.17) is 37.6 Å². The van der Waals surface area contributed by atoms with Gasteiger partial charge < -0.3 is 18.9 Å². The van der Waals surface area contributed by atoms with E-state index in [2.05, 4.69) is 10.1 Å². The summed E-state index contributed by atoms with van der Waals surface area (Å²) in [6, 6.07) is 10.9. The van der Waals surface area contributed by atoms with E-state index in [1.165, 1.54) is 0 Å². The standard InChI is InChI=1S/C22H19Cl2N3O4/c1-12(2)30-19-10-14(3-5-16(19)23)22-25-21(26-31-22)13-4-6-18-15(9-13)17(24)11-27(18)8-7-20(28)29/h3-6,9-12H,7-8H2,1-2H3,(H,28,29). The fraction of sp³-hybridized carbons (Fsp3) is 0.227. The van der Waals surface area contributed by atoms with Crippen molar-refractivity contribution in [3.05, 3.63) is 52.6 Å². The first-order valence-electron chi connectivity index (χ1n) is 9.62. The second-order valence-electron chi connectivity index (χ2n) is 7.28. The van der Waals surface area contributed by atoms with Crippen molar-refractivity contribution in [1.29, 1.82) is 0 Å². The third-order valence-corrected chi connectivity index (χ3v) is 5.24. The van der Waals surface area contributed by atoms with Gasteiger partial charge in [0.25, 0.3) is 5.89 Å². The van der Waals surface area contributed by atoms with Crippen LogP contribution in [0.25, 0.3) is 33.7 Å². The number of hydrogen-bond acceptors (Lipinski definition) is 5. The van der Waals surface area contributed by atoms with Crippen molar-refractivity contribution < 1.29 is 19.2 Å². The van der Waals surface area contributed by atoms with Crippen LogP contribution in [0, 0.1) is 0 Å². The van der Waals surface area contributed by atoms with Gasteiger partial charge in [-0.3, -0.25) is 4.79 Å². The topological polar surface area (TPSA) is 90.4 Å². The first kappa shape index (κ1) is 21.2. The van der Waals surface area contributed by atoms with Crippen LogP contribution in [0.15, 0.2) is 47.1 Å². The molecular formula is C22H19Cl2N3O4. The largest absolute Gasteiger partial charge is 0.489 e. The molecule has 160 valence electrons. The Hall–Kier alpha value is -3.03. The molecule has 2 aromatic heterocycles. The van der Waals surface area contributed by atoms with Crippen LogP contribution in [0.2, 0.25) is 10.0 Å². The molecule has 1 N–H and O–H groups in total. The number of aryl methyl sites for hydroxylation is 1. The zero-order chi connectivity index (χ0) is 22.1. The van der Waals surface area contributed by atoms with E-state index in [-0.39, 0.29) is 12.5 Å². The van der Waals surface area contributed by atoms with Gasteiger partial charge in [0.15, 0.2) is 0 Å². The first-order chi connectivity index (χ1) is 14.8. The van der Waals surface area contributed by atoms with Gasteiger partial charge in [-0.15, -0.1) is 0 Å². The third kappa shape index (κ3) is 4.52. The van der Waals surface area contributed by atoms with Crippen molar-refractivity contribution in [2.75, 3.05) is 0 Å². The van der Waals surface area contributed by atoms with Gasteiger partial charge >= 0.3 is 5.97 Å². The molecule has 0 radical (unpaired) electrons. The summed E-state index contributed by atoms with van der Waals surface area (Å²) in [7, 11) is 0. The number of benzene rings is 2. The molecule has 0 aliphatic carbocycles. The Morgan fingerprint density at radius 1 is 1.16 bits per heavy atom. The maximum absolute atomic E-state index is 10.9. The Morgan fingerprint density at radius 3 is 2.68 bits per heavy atom. The molecule has 9 heteroatoms. The zero-order valence-corrected chi connectivity index (χ0v) is 18.3. The number of carbonyl (C=O) groups is 1. The Balaban J connectivity index is 1.65. The molecule has 4 aromatic rings. The van der Waals surface area contributed by atoms with Gasteiger partial charge in [0, 0.05) is 34.8 Å². The SMILES string of the molecule is CC(C)Oc1cc(-c2nc(-c3ccc4c(c3)c(Cl)cn4CCC(=O)O)no2)ccc1Cl. The van der Waals surface area contributed by atoms with Gasteiger partial charge in [0.2, 0.25) is 5.82 Å². The Morgan fingerprint density at radius 2 is 1.94 bits per heavy atom. The summed E-state index contributed by atoms with van der Waals surface area (Å²) in [5.41, 5.74) is 2.26. The average Bonchev–Trinajstić information content (AvgIpc) is 3.33. The van der Waals surface area contributed by atoms with Crippen LogP contribution in [-0.2, 0) is 11.3 Å². The number of fused-ring (bicyclic) bond motifs is 1. The van der Waals surface area contributed by atoms with Crippen LogP contribution in [0.3, 0.4) is 0 Å². The molecule has 0 saturated heterocycles. The van der Waals surface area contributed by atoms with E-state index >= 15 is 0 Å². The minimum Gasteiger partial charge on any atom is -0.489 e. The van der Waals surface area contributed by atoms with E-state index < -0.39 is 5.97 Å². The average molecular weight is 460 g/mol. The second-order valence-corrected chi connectivity index (χ2v) is 8.10. The third-order valence-electron chi connectivity index (χ3n) is 4.62. The second kappa shape index (κ2) is 8.61. The van der Waals surface area contributed by atoms with Crippen LogP contribution in [0.4, 0.5) is 0 Å². The fourth-order valence-corrected chi connectivity index (χ4v) is 3.66. The lowest BCUT2D eigenvalue weighted by Gasteiger charge is -2.11. The highest BCUT2D eigenvalue weighted by Gasteiger charge is 2.16. The van der Waals surface area contributed by atoms with Crippen molar-refractivity contribution in [3.63, 3.8) is 0 Å². The fourth-order valence-electron chi connectivity index (χ4n) is 3.23. The molecular weight excluding hydrogens is 441 g/mol. The number of nitrogens with zero attached hydrogens (tertiary/aromatic N) is 3. The van der Waals surface area contributed by atoms with Crippen LogP contribution >= 0.6 is 23.2 Å². The molecule has 0 unspecified atom stereocenters. The summed E-state index contributed by atoms with van der Waals surface area (Å²) in [5.74, 6) is 0.431. The van der Waals surface area contributed by atoms with Gasteiger partial charge in [-0.25, -0.2) is 0 Å². The van der Waals surface area contributed by atoms with Crippen molar-refractivity contribution in [2.24, 2.45) is 0 Å². The highest BCUT2D eigenvalue weighted by atomic mass is 35.5. The lowest BCUT2D eigenvalue weighted by molar-refractivity contribution is -0.137. The first-order valence-corrected chi connectivity index (χ1v) is 10.4. The molecule has 0 amide bonds. The molecule has 0 saturated carbocycles. The quantitative estimate of drug-likeness (QED) is 0.368. The molecule has 2 heterocycles. The molecule has 31 heavy (non-hydrogen) atoms. The van der Waals surface area contributed by atoms with Crippen molar-refractivity contribution in [2.45, 2.75) is 32.9 Å². The highest BCUT2D eigenvalue weighted by molar-refractivity contribution is 6.35. The number of carboxylic acid groups (broad SMARTS) is 1. The number of aliphatic carboxylic acids is 1. The smallest absolute Gasteiger partial charge is 0.305 e. The van der Waals surface area contributed by atoms with Crippen LogP contribution in [0.1, 0.15) is 20.3 Å². The van der Waals surface area contributed by atoms with Gasteiger partial charge in [-0.1, -0.05) is 28.4 Å². The minimum atomic E-state index is -0.863. The molecule has 0 aliphatic heterocycles. The molecule has 2 aromatic carbocycles. The zero-order valence-electron chi connectivity index (χ0n) is 16.8. The predicted octanol–water partition coefficient (Wildman–Crippen LogP) is 5.93. The minimum absolute atomic E-state index is 0.0136. The summed E-state index contributed by atoms with van der Waals surface area (Å²) in [5, 5.41) is 14.8. The van der Waals surface area contributed by atoms with Crippen molar-refractivity contribution in [1.82, 2.24) is 14.7 Å². The Labute approximate surface area is 188 Å². The van der Waals surface area contributed by atoms with Crippen molar-refractivity contribution in [3.8, 4) is 28.6 Å². The van der Waals surface area contributed by atoms with E-state index in [1.54, 1.807) is 24.4 Å². The summed E-state index contributed by atoms with van der Waals surface area (Å²) in [6.07, 6.45) is 1.72. The Kier molecular flexibility index (Phi) is 5.89. The Bertz CT molecular complexity index is 1260. The maximum atomic E-state index is 10.9. The number of ether oxygens (including phenoxy) is 1. The van der Waals surface area contributed by atoms with Gasteiger partial charge in [-0.05, 0) is 50.2 Å². The monoisotopic (exact) mass is 459 g/mol. The normalized spacial score (nSPS) is 11.4. The van der Waals surface area contributed by atoms with E-state index in [0.29, 0.717) is 39.6 Å². The van der Waals surface area contributed by atoms with E-state index in [1.807, 2.05) is 36.6 Å². The van der Waals surface area contributed by atoms with E-state index in [9.17, 15) is 4.79 Å². The summed E-state index contributed by atoms with van der Waals surface area (Å²) >= 11 is 12.6. The number of aromatic nitrogens is 3. The lowest BCUT2D eigenvalue weighted by Crippen LogP contribution is -2.05. The molecule has 0 spiro atoms. The summed E-state index contributed by atoms with van der Waals surface area (Å²) in [6.45, 7) is 4.18. The lowest BCUT2D eigenvalue weighted by atomic mass is 10.1. The molecule has 7 nitrogen and oxygen atoms in total. The number of hydrogen-bond donors (Lipinski definition) is 1. The van der Waals surface area contributed by atoms with Crippen molar-refractivity contribution >= 4 is 40.1 Å². The van der Waals surface area contributed by atoms with Crippen LogP contribution in [-0.4, -0.2) is 31.9 Å². The van der Waals surface area contributed by atoms with Gasteiger partial charge in [0.1, 0.15) is 5.75 Å². The van der Waals surface area contributed by atoms with E-state index in [0.717, 1.165) is 16.5 Å². The molecule has 4 rings (SSSR count). The summed E-state index contributed by atoms with van der Waals surface area (Å²) in [4.78, 5) is 15.4. The molecule has 0 fully saturated rings. The molecule has 0 bridgehead atoms. The number of carboxylic acids is 1. The molecule has 0 aliphatic rings. The van der Waals surface area contributed by atoms with Crippen LogP contribution in [0.5, 0.6) is 5.75 Å². The summed E-state index contributed by atoms with van der Waals surface area (Å²) < 4.78 is 13.0. The maximum Gasteiger partial charge on any atom is 0.305 e.